The van der Waals surface area contributed by atoms with Crippen LogP contribution in [0.3, 0.4) is 0 Å². The van der Waals surface area contributed by atoms with Crippen LogP contribution >= 0.6 is 0 Å². The second kappa shape index (κ2) is 7.58. The number of carbonyl (C=O) groups is 1. The number of carbonyl (C=O) groups excluding carboxylic acids is 1. The van der Waals surface area contributed by atoms with Crippen LogP contribution in [0.15, 0.2) is 0 Å². The predicted octanol–water partition coefficient (Wildman–Crippen LogP) is -1.84. The summed E-state index contributed by atoms with van der Waals surface area (Å²) in [6.45, 7) is 10.9. The van der Waals surface area contributed by atoms with E-state index >= 15 is 0 Å². The lowest BCUT2D eigenvalue weighted by Gasteiger charge is -2.10. The lowest BCUT2D eigenvalue weighted by molar-refractivity contribution is -0.889. The Labute approximate surface area is 85.2 Å². The number of nitrogens with zero attached hydrogens (tertiary/aromatic N) is 1. The minimum Gasteiger partial charge on any atom is -0.553 e. The van der Waals surface area contributed by atoms with Crippen molar-refractivity contribution in [1.82, 2.24) is 4.90 Å². The highest BCUT2D eigenvalue weighted by Gasteiger charge is 2.19. The van der Waals surface area contributed by atoms with Gasteiger partial charge in [-0.05, 0) is 6.92 Å². The van der Waals surface area contributed by atoms with Crippen LogP contribution in [0.25, 0.3) is 0 Å². The highest BCUT2D eigenvalue weighted by atomic mass is 16.6. The molecule has 0 spiro atoms. The van der Waals surface area contributed by atoms with Gasteiger partial charge < -0.3 is 19.5 Å². The van der Waals surface area contributed by atoms with E-state index in [1.54, 1.807) is 4.90 Å². The first-order chi connectivity index (χ1) is 6.63. The summed E-state index contributed by atoms with van der Waals surface area (Å²) in [5.41, 5.74) is 0. The highest BCUT2D eigenvalue weighted by molar-refractivity contribution is 5.53. The number of carboxylic acid groups (broad SMARTS) is 1. The van der Waals surface area contributed by atoms with Crippen molar-refractivity contribution in [2.24, 2.45) is 0 Å². The number of hydrogen-bond donors (Lipinski definition) is 1. The Morgan fingerprint density at radius 2 is 2.14 bits per heavy atom. The van der Waals surface area contributed by atoms with Crippen LogP contribution < -0.4 is 10.0 Å². The third-order valence-corrected chi connectivity index (χ3v) is 2.34. The van der Waals surface area contributed by atoms with Crippen molar-refractivity contribution in [3.8, 4) is 0 Å². The first kappa shape index (κ1) is 13.2. The molecule has 0 aromatic rings. The van der Waals surface area contributed by atoms with Crippen molar-refractivity contribution in [3.05, 3.63) is 0 Å². The van der Waals surface area contributed by atoms with Crippen molar-refractivity contribution in [3.63, 3.8) is 0 Å². The van der Waals surface area contributed by atoms with E-state index in [0.717, 1.165) is 7.11 Å². The van der Waals surface area contributed by atoms with E-state index in [0.29, 0.717) is 0 Å². The first-order valence-corrected chi connectivity index (χ1v) is 4.94. The molecule has 1 aliphatic rings. The predicted molar refractivity (Wildman–Crippen MR) is 50.9 cm³/mol. The normalized spacial score (nSPS) is 21.2. The molecule has 5 heteroatoms. The topological polar surface area (TPSA) is 57.0 Å². The van der Waals surface area contributed by atoms with Gasteiger partial charge in [-0.15, -0.1) is 0 Å². The number of likely N-dealkylation sites (N-methyl/N-ethyl adjacent to an activating group) is 2. The molecule has 1 atom stereocenters. The van der Waals surface area contributed by atoms with Gasteiger partial charge in [-0.25, -0.2) is 0 Å². The van der Waals surface area contributed by atoms with Crippen LogP contribution in [0.1, 0.15) is 13.8 Å². The molecule has 0 aliphatic carbocycles. The molecule has 0 saturated carbocycles. The number of ether oxygens (including phenoxy) is 1. The van der Waals surface area contributed by atoms with Gasteiger partial charge in [-0.1, -0.05) is 6.92 Å². The second-order valence-corrected chi connectivity index (χ2v) is 3.18. The standard InChI is InChI=1S/C7H16N2.C2H4O3/c1-3-8-5-6-9(4-2)7-8;1-5-2(3)4/h3-7H2,1-2H3;1H3,(H,3,4). The van der Waals surface area contributed by atoms with E-state index in [1.165, 1.54) is 32.8 Å². The fraction of sp³-hybridized carbons (Fsp3) is 0.889. The molecule has 1 aliphatic heterocycles. The Kier molecular flexibility index (Phi) is 7.14. The zero-order chi connectivity index (χ0) is 11.0. The summed E-state index contributed by atoms with van der Waals surface area (Å²) in [4.78, 5) is 13.3. The molecule has 0 aromatic carbocycles. The third kappa shape index (κ3) is 5.77. The Morgan fingerprint density at radius 3 is 2.36 bits per heavy atom. The van der Waals surface area contributed by atoms with Crippen molar-refractivity contribution >= 4 is 6.16 Å². The monoisotopic (exact) mass is 204 g/mol. The maximum Gasteiger partial charge on any atom is 0.251 e. The summed E-state index contributed by atoms with van der Waals surface area (Å²) in [6, 6.07) is 0. The second-order valence-electron chi connectivity index (χ2n) is 3.18. The van der Waals surface area contributed by atoms with Gasteiger partial charge in [0.05, 0.1) is 19.6 Å². The summed E-state index contributed by atoms with van der Waals surface area (Å²) in [5, 5.41) is 9.03. The molecule has 1 fully saturated rings. The Bertz CT molecular complexity index is 154. The summed E-state index contributed by atoms with van der Waals surface area (Å²) in [6.07, 6.45) is -1.50. The molecule has 1 rings (SSSR count). The van der Waals surface area contributed by atoms with Gasteiger partial charge in [-0.3, -0.25) is 4.90 Å². The zero-order valence-corrected chi connectivity index (χ0v) is 9.21. The van der Waals surface area contributed by atoms with Crippen molar-refractivity contribution in [1.29, 1.82) is 0 Å². The van der Waals surface area contributed by atoms with E-state index in [2.05, 4.69) is 23.5 Å². The fourth-order valence-corrected chi connectivity index (χ4v) is 1.35. The SMILES string of the molecule is CCN1CC[NH+](CC)C1.COC(=O)[O-]. The molecule has 0 radical (unpaired) electrons. The van der Waals surface area contributed by atoms with E-state index in [-0.39, 0.29) is 0 Å². The Morgan fingerprint density at radius 1 is 1.57 bits per heavy atom. The number of hydrogen-bond acceptors (Lipinski definition) is 4. The number of methoxy groups -OCH3 is 1. The molecule has 0 aromatic heterocycles. The van der Waals surface area contributed by atoms with Crippen LogP contribution in [0, 0.1) is 0 Å². The zero-order valence-electron chi connectivity index (χ0n) is 9.21. The molecule has 1 unspecified atom stereocenters. The van der Waals surface area contributed by atoms with Crippen LogP contribution in [0.5, 0.6) is 0 Å². The molecule has 84 valence electrons. The first-order valence-electron chi connectivity index (χ1n) is 4.94. The molecule has 0 bridgehead atoms. The highest BCUT2D eigenvalue weighted by Crippen LogP contribution is 1.84. The average Bonchev–Trinajstić information content (AvgIpc) is 2.66. The molecule has 0 amide bonds. The smallest absolute Gasteiger partial charge is 0.251 e. The van der Waals surface area contributed by atoms with Crippen molar-refractivity contribution < 1.29 is 19.5 Å². The van der Waals surface area contributed by atoms with Gasteiger partial charge in [0.15, 0.2) is 0 Å². The fourth-order valence-electron chi connectivity index (χ4n) is 1.35. The average molecular weight is 204 g/mol. The van der Waals surface area contributed by atoms with E-state index in [9.17, 15) is 0 Å². The third-order valence-electron chi connectivity index (χ3n) is 2.34. The maximum absolute atomic E-state index is 9.03. The largest absolute Gasteiger partial charge is 0.553 e. The molecular formula is C9H20N2O3. The molecular weight excluding hydrogens is 184 g/mol. The van der Waals surface area contributed by atoms with Gasteiger partial charge in [0.25, 0.3) is 6.16 Å². The quantitative estimate of drug-likeness (QED) is 0.537. The van der Waals surface area contributed by atoms with E-state index in [1.807, 2.05) is 0 Å². The molecule has 14 heavy (non-hydrogen) atoms. The van der Waals surface area contributed by atoms with Crippen LogP contribution in [-0.2, 0) is 4.74 Å². The molecule has 1 N–H and O–H groups in total. The van der Waals surface area contributed by atoms with Gasteiger partial charge >= 0.3 is 0 Å². The number of rotatable bonds is 2. The van der Waals surface area contributed by atoms with Crippen molar-refractivity contribution in [2.45, 2.75) is 13.8 Å². The maximum atomic E-state index is 9.03. The summed E-state index contributed by atoms with van der Waals surface area (Å²) in [7, 11) is 1.04. The van der Waals surface area contributed by atoms with E-state index < -0.39 is 6.16 Å². The summed E-state index contributed by atoms with van der Waals surface area (Å²) in [5.74, 6) is 0. The lowest BCUT2D eigenvalue weighted by Crippen LogP contribution is -3.10. The minimum atomic E-state index is -1.50. The van der Waals surface area contributed by atoms with Gasteiger partial charge in [0, 0.05) is 13.7 Å². The van der Waals surface area contributed by atoms with Gasteiger partial charge in [0.2, 0.25) is 0 Å². The number of nitrogens with one attached hydrogen (secondary N) is 1. The van der Waals surface area contributed by atoms with Crippen molar-refractivity contribution in [2.75, 3.05) is 40.0 Å². The Hall–Kier alpha value is -0.810. The van der Waals surface area contributed by atoms with Crippen LogP contribution in [0.2, 0.25) is 0 Å². The number of quaternary nitrogens is 1. The Balaban J connectivity index is 0.000000292. The van der Waals surface area contributed by atoms with Crippen LogP contribution in [-0.4, -0.2) is 51.0 Å². The van der Waals surface area contributed by atoms with Crippen LogP contribution in [0.4, 0.5) is 4.79 Å². The summed E-state index contributed by atoms with van der Waals surface area (Å²) < 4.78 is 3.56. The van der Waals surface area contributed by atoms with E-state index in [4.69, 9.17) is 9.90 Å². The molecule has 1 saturated heterocycles. The lowest BCUT2D eigenvalue weighted by atomic mass is 10.6. The minimum absolute atomic E-state index is 1.04. The van der Waals surface area contributed by atoms with Gasteiger partial charge in [0.1, 0.15) is 6.67 Å². The summed E-state index contributed by atoms with van der Waals surface area (Å²) >= 11 is 0. The molecule has 5 nitrogen and oxygen atoms in total. The van der Waals surface area contributed by atoms with Gasteiger partial charge in [-0.2, -0.15) is 0 Å². The molecule has 1 heterocycles.